The average Bonchev–Trinajstić information content (AvgIpc) is 3.40. The smallest absolute Gasteiger partial charge is 0.407 e. The van der Waals surface area contributed by atoms with Crippen LogP contribution in [0, 0.1) is 0 Å². The van der Waals surface area contributed by atoms with Crippen molar-refractivity contribution in [1.82, 2.24) is 14.9 Å². The highest BCUT2D eigenvalue weighted by atomic mass is 16.6. The van der Waals surface area contributed by atoms with E-state index in [4.69, 9.17) is 4.74 Å². The van der Waals surface area contributed by atoms with Crippen LogP contribution in [0.25, 0.3) is 6.08 Å². The Morgan fingerprint density at radius 1 is 0.875 bits per heavy atom. The number of carbonyl (C=O) groups is 2. The van der Waals surface area contributed by atoms with Crippen LogP contribution in [0.15, 0.2) is 109 Å². The van der Waals surface area contributed by atoms with Gasteiger partial charge in [0.15, 0.2) is 0 Å². The average molecular weight is 538 g/mol. The second-order valence-electron chi connectivity index (χ2n) is 10.5. The molecule has 0 aliphatic rings. The zero-order valence-electron chi connectivity index (χ0n) is 23.1. The molecule has 0 saturated heterocycles. The first-order chi connectivity index (χ1) is 19.2. The number of imidazole rings is 1. The van der Waals surface area contributed by atoms with Crippen LogP contribution in [0.4, 0.5) is 4.79 Å². The van der Waals surface area contributed by atoms with Gasteiger partial charge in [0.1, 0.15) is 11.1 Å². The van der Waals surface area contributed by atoms with Crippen LogP contribution in [0.1, 0.15) is 56.0 Å². The van der Waals surface area contributed by atoms with Crippen LogP contribution < -0.4 is 5.32 Å². The van der Waals surface area contributed by atoms with Gasteiger partial charge in [0.2, 0.25) is 0 Å². The molecule has 7 heteroatoms. The van der Waals surface area contributed by atoms with Crippen LogP contribution >= 0.6 is 0 Å². The molecule has 40 heavy (non-hydrogen) atoms. The third-order valence-electron chi connectivity index (χ3n) is 6.45. The van der Waals surface area contributed by atoms with E-state index in [0.717, 1.165) is 16.7 Å². The summed E-state index contributed by atoms with van der Waals surface area (Å²) in [5, 5.41) is 12.6. The molecule has 2 N–H and O–H groups in total. The van der Waals surface area contributed by atoms with E-state index < -0.39 is 23.2 Å². The van der Waals surface area contributed by atoms with Crippen molar-refractivity contribution < 1.29 is 19.4 Å². The summed E-state index contributed by atoms with van der Waals surface area (Å²) < 4.78 is 7.28. The monoisotopic (exact) mass is 537 g/mol. The predicted molar refractivity (Wildman–Crippen MR) is 156 cm³/mol. The summed E-state index contributed by atoms with van der Waals surface area (Å²) in [6.07, 6.45) is 5.42. The third kappa shape index (κ3) is 6.67. The molecule has 7 nitrogen and oxygen atoms in total. The van der Waals surface area contributed by atoms with E-state index in [1.807, 2.05) is 65.4 Å². The van der Waals surface area contributed by atoms with Gasteiger partial charge in [-0.15, -0.1) is 0 Å². The van der Waals surface area contributed by atoms with Gasteiger partial charge in [0.05, 0.1) is 12.0 Å². The Hall–Kier alpha value is -4.65. The number of amides is 1. The maximum Gasteiger partial charge on any atom is 0.407 e. The van der Waals surface area contributed by atoms with Gasteiger partial charge in [-0.25, -0.2) is 14.6 Å². The first kappa shape index (κ1) is 28.4. The van der Waals surface area contributed by atoms with Gasteiger partial charge in [-0.05, 0) is 56.4 Å². The maximum atomic E-state index is 12.1. The van der Waals surface area contributed by atoms with Gasteiger partial charge in [0, 0.05) is 18.3 Å². The quantitative estimate of drug-likeness (QED) is 0.137. The molecule has 1 amide bonds. The summed E-state index contributed by atoms with van der Waals surface area (Å²) in [5.74, 6) is -1.02. The Morgan fingerprint density at radius 2 is 1.38 bits per heavy atom. The van der Waals surface area contributed by atoms with Gasteiger partial charge in [-0.1, -0.05) is 91.0 Å². The van der Waals surface area contributed by atoms with E-state index in [1.54, 1.807) is 33.2 Å². The standard InChI is InChI=1S/C33H35N3O4/c1-32(2,3)40-31(39)34-21-13-14-25(30(37)38)22-29-23-36(24-35-29)33(26-15-7-4-8-16-26,27-17-9-5-10-18-27)28-19-11-6-12-20-28/h4-12,15-20,22-24H,13-14,21H2,1-3H3,(H,34,39)(H,37,38)/b25-22-. The van der Waals surface area contributed by atoms with E-state index in [1.165, 1.54) is 0 Å². The first-order valence-electron chi connectivity index (χ1n) is 13.3. The Balaban J connectivity index is 1.68. The minimum atomic E-state index is -1.02. The third-order valence-corrected chi connectivity index (χ3v) is 6.45. The number of aliphatic carboxylic acids is 1. The predicted octanol–water partition coefficient (Wildman–Crippen LogP) is 6.50. The van der Waals surface area contributed by atoms with Crippen molar-refractivity contribution in [3.05, 3.63) is 131 Å². The van der Waals surface area contributed by atoms with E-state index in [0.29, 0.717) is 18.7 Å². The van der Waals surface area contributed by atoms with Crippen molar-refractivity contribution >= 4 is 18.1 Å². The number of rotatable bonds is 10. The molecule has 0 radical (unpaired) electrons. The molecule has 0 saturated carbocycles. The van der Waals surface area contributed by atoms with Gasteiger partial charge < -0.3 is 19.7 Å². The molecule has 0 unspecified atom stereocenters. The molecule has 206 valence electrons. The molecule has 0 aliphatic heterocycles. The maximum absolute atomic E-state index is 12.1. The SMILES string of the molecule is CC(C)(C)OC(=O)NCCC/C(=C/c1cn(C(c2ccccc2)(c2ccccc2)c2ccccc2)cn1)C(=O)O. The minimum absolute atomic E-state index is 0.209. The number of alkyl carbamates (subject to hydrolysis) is 1. The van der Waals surface area contributed by atoms with Crippen molar-refractivity contribution in [2.45, 2.75) is 44.8 Å². The van der Waals surface area contributed by atoms with Crippen LogP contribution in [0.3, 0.4) is 0 Å². The number of aromatic nitrogens is 2. The Bertz CT molecular complexity index is 1340. The number of carboxylic acid groups (broad SMARTS) is 1. The molecule has 0 spiro atoms. The normalized spacial score (nSPS) is 12.1. The van der Waals surface area contributed by atoms with Crippen molar-refractivity contribution in [2.75, 3.05) is 6.54 Å². The second kappa shape index (κ2) is 12.5. The van der Waals surface area contributed by atoms with Gasteiger partial charge in [-0.3, -0.25) is 0 Å². The fourth-order valence-electron chi connectivity index (χ4n) is 4.78. The van der Waals surface area contributed by atoms with E-state index in [2.05, 4.69) is 46.7 Å². The lowest BCUT2D eigenvalue weighted by molar-refractivity contribution is -0.132. The van der Waals surface area contributed by atoms with Gasteiger partial charge >= 0.3 is 12.1 Å². The number of hydrogen-bond donors (Lipinski definition) is 2. The van der Waals surface area contributed by atoms with Crippen molar-refractivity contribution in [3.8, 4) is 0 Å². The molecule has 1 heterocycles. The lowest BCUT2D eigenvalue weighted by Crippen LogP contribution is -2.36. The summed E-state index contributed by atoms with van der Waals surface area (Å²) in [6.45, 7) is 5.67. The molecular weight excluding hydrogens is 502 g/mol. The summed E-state index contributed by atoms with van der Waals surface area (Å²) >= 11 is 0. The highest BCUT2D eigenvalue weighted by Gasteiger charge is 2.38. The van der Waals surface area contributed by atoms with Gasteiger partial charge in [0.25, 0.3) is 0 Å². The minimum Gasteiger partial charge on any atom is -0.478 e. The first-order valence-corrected chi connectivity index (χ1v) is 13.3. The highest BCUT2D eigenvalue weighted by molar-refractivity contribution is 5.91. The number of ether oxygens (including phenoxy) is 1. The van der Waals surface area contributed by atoms with Crippen LogP contribution in [0.5, 0.6) is 0 Å². The molecule has 1 aromatic heterocycles. The van der Waals surface area contributed by atoms with Crippen molar-refractivity contribution in [1.29, 1.82) is 0 Å². The fraction of sp³-hybridized carbons (Fsp3) is 0.242. The van der Waals surface area contributed by atoms with Gasteiger partial charge in [-0.2, -0.15) is 0 Å². The molecule has 0 fully saturated rings. The molecule has 3 aromatic carbocycles. The lowest BCUT2D eigenvalue weighted by Gasteiger charge is -2.37. The molecule has 4 rings (SSSR count). The lowest BCUT2D eigenvalue weighted by atomic mass is 9.77. The molecule has 4 aromatic rings. The Labute approximate surface area is 235 Å². The van der Waals surface area contributed by atoms with E-state index in [-0.39, 0.29) is 12.0 Å². The zero-order chi connectivity index (χ0) is 28.6. The number of carbonyl (C=O) groups excluding carboxylic acids is 1. The number of benzene rings is 3. The topological polar surface area (TPSA) is 93.5 Å². The zero-order valence-corrected chi connectivity index (χ0v) is 23.1. The van der Waals surface area contributed by atoms with Crippen LogP contribution in [-0.2, 0) is 15.1 Å². The number of nitrogens with zero attached hydrogens (tertiary/aromatic N) is 2. The summed E-state index contributed by atoms with van der Waals surface area (Å²) in [5.41, 5.74) is 2.56. The van der Waals surface area contributed by atoms with E-state index >= 15 is 0 Å². The number of hydrogen-bond acceptors (Lipinski definition) is 4. The van der Waals surface area contributed by atoms with Crippen LogP contribution in [0.2, 0.25) is 0 Å². The Morgan fingerprint density at radius 3 is 1.82 bits per heavy atom. The Kier molecular flexibility index (Phi) is 8.84. The van der Waals surface area contributed by atoms with E-state index in [9.17, 15) is 14.7 Å². The summed E-state index contributed by atoms with van der Waals surface area (Å²) in [6, 6.07) is 30.6. The largest absolute Gasteiger partial charge is 0.478 e. The fourth-order valence-corrected chi connectivity index (χ4v) is 4.78. The molecule has 0 atom stereocenters. The molecular formula is C33H35N3O4. The molecule has 0 bridgehead atoms. The highest BCUT2D eigenvalue weighted by Crippen LogP contribution is 2.40. The number of carboxylic acids is 1. The summed E-state index contributed by atoms with van der Waals surface area (Å²) in [4.78, 5) is 28.6. The van der Waals surface area contributed by atoms with Crippen molar-refractivity contribution in [3.63, 3.8) is 0 Å². The number of nitrogens with one attached hydrogen (secondary N) is 1. The van der Waals surface area contributed by atoms with Crippen LogP contribution in [-0.4, -0.2) is 38.9 Å². The summed E-state index contributed by atoms with van der Waals surface area (Å²) in [7, 11) is 0. The van der Waals surface area contributed by atoms with Crippen molar-refractivity contribution in [2.24, 2.45) is 0 Å². The molecule has 0 aliphatic carbocycles. The second-order valence-corrected chi connectivity index (χ2v) is 10.5.